The highest BCUT2D eigenvalue weighted by atomic mass is 16.5. The second kappa shape index (κ2) is 11.0. The van der Waals surface area contributed by atoms with Gasteiger partial charge in [0.1, 0.15) is 12.4 Å². The predicted molar refractivity (Wildman–Crippen MR) is 142 cm³/mol. The third-order valence-corrected chi connectivity index (χ3v) is 7.20. The highest BCUT2D eigenvalue weighted by molar-refractivity contribution is 5.91. The van der Waals surface area contributed by atoms with E-state index in [9.17, 15) is 14.4 Å². The molecule has 0 radical (unpaired) electrons. The van der Waals surface area contributed by atoms with Crippen molar-refractivity contribution in [3.63, 3.8) is 0 Å². The summed E-state index contributed by atoms with van der Waals surface area (Å²) in [4.78, 5) is 39.4. The van der Waals surface area contributed by atoms with Gasteiger partial charge in [-0.3, -0.25) is 19.3 Å². The fourth-order valence-electron chi connectivity index (χ4n) is 5.19. The molecule has 0 bridgehead atoms. The van der Waals surface area contributed by atoms with Crippen LogP contribution in [0, 0.1) is 5.41 Å². The molecule has 3 atom stereocenters. The molecule has 0 unspecified atom stereocenters. The van der Waals surface area contributed by atoms with E-state index in [1.54, 1.807) is 25.4 Å². The Hall–Kier alpha value is -3.95. The van der Waals surface area contributed by atoms with Gasteiger partial charge in [0, 0.05) is 17.7 Å². The number of rotatable bonds is 8. The van der Waals surface area contributed by atoms with Gasteiger partial charge in [-0.1, -0.05) is 39.0 Å². The summed E-state index contributed by atoms with van der Waals surface area (Å²) < 4.78 is 23.7. The fraction of sp³-hybridized carbons (Fsp3) is 0.483. The molecule has 2 amide bonds. The average molecular weight is 541 g/mol. The molecule has 0 spiro atoms. The van der Waals surface area contributed by atoms with Crippen molar-refractivity contribution < 1.29 is 38.4 Å². The second-order valence-corrected chi connectivity index (χ2v) is 10.9. The molecule has 2 N–H and O–H groups in total. The molecule has 3 aliphatic rings. The molecule has 0 fully saturated rings. The predicted octanol–water partition coefficient (Wildman–Crippen LogP) is 3.50. The first-order chi connectivity index (χ1) is 18.5. The van der Waals surface area contributed by atoms with Crippen LogP contribution in [-0.4, -0.2) is 67.3 Å². The molecule has 1 aromatic rings. The van der Waals surface area contributed by atoms with E-state index in [0.717, 1.165) is 16.7 Å². The summed E-state index contributed by atoms with van der Waals surface area (Å²) in [6, 6.07) is 5.25. The minimum atomic E-state index is -1.11. The summed E-state index contributed by atoms with van der Waals surface area (Å²) in [6.07, 6.45) is 2.12. The standard InChI is InChI=1S/C29H36N2O8/c1-16-12-18(17-8-7-9-20(36-5)26(17)37-6)27-25-19(16)14-38-15-22(29(2,3)4)31(25)28(35)21(39-27)13-23(32)30-11-10-24(33)34/h7-9,12,14,18,21-22H,10-11,13,15H2,1-6H3,(H,30,32)(H,33,34)/t18-,21+,22-/m0/s1. The van der Waals surface area contributed by atoms with Gasteiger partial charge in [0.2, 0.25) is 5.91 Å². The monoisotopic (exact) mass is 540 g/mol. The lowest BCUT2D eigenvalue weighted by molar-refractivity contribution is -0.151. The van der Waals surface area contributed by atoms with Crippen molar-refractivity contribution in [1.82, 2.24) is 10.2 Å². The Morgan fingerprint density at radius 2 is 1.95 bits per heavy atom. The van der Waals surface area contributed by atoms with Gasteiger partial charge < -0.3 is 29.4 Å². The minimum Gasteiger partial charge on any atom is -0.498 e. The number of carboxylic acids is 1. The molecular weight excluding hydrogens is 504 g/mol. The average Bonchev–Trinajstić information content (AvgIpc) is 3.09. The van der Waals surface area contributed by atoms with Crippen LogP contribution in [0.15, 0.2) is 53.1 Å². The van der Waals surface area contributed by atoms with Crippen LogP contribution in [0.3, 0.4) is 0 Å². The molecule has 210 valence electrons. The number of carboxylic acid groups (broad SMARTS) is 1. The van der Waals surface area contributed by atoms with Crippen molar-refractivity contribution in [2.24, 2.45) is 5.41 Å². The van der Waals surface area contributed by atoms with Crippen LogP contribution in [0.2, 0.25) is 0 Å². The van der Waals surface area contributed by atoms with E-state index in [1.807, 2.05) is 52.0 Å². The SMILES string of the molecule is COc1cccc([C@@H]2C=C(C)C3=COC[C@@H](C(C)(C)C)N4C(=O)[C@@H](CC(=O)NCCC(=O)O)OC2=C34)c1OC. The quantitative estimate of drug-likeness (QED) is 0.514. The molecule has 0 saturated heterocycles. The Kier molecular flexibility index (Phi) is 7.94. The van der Waals surface area contributed by atoms with Crippen LogP contribution in [0.1, 0.15) is 52.0 Å². The number of nitrogens with one attached hydrogen (secondary N) is 1. The van der Waals surface area contributed by atoms with Gasteiger partial charge in [0.25, 0.3) is 5.91 Å². The number of amides is 2. The maximum absolute atomic E-state index is 14.0. The molecule has 0 saturated carbocycles. The van der Waals surface area contributed by atoms with Crippen molar-refractivity contribution in [3.05, 3.63) is 58.7 Å². The van der Waals surface area contributed by atoms with Crippen molar-refractivity contribution in [2.75, 3.05) is 27.4 Å². The maximum atomic E-state index is 14.0. The molecule has 2 aliphatic heterocycles. The molecule has 1 aliphatic carbocycles. The van der Waals surface area contributed by atoms with E-state index in [4.69, 9.17) is 24.1 Å². The molecule has 10 heteroatoms. The topological polar surface area (TPSA) is 124 Å². The zero-order valence-electron chi connectivity index (χ0n) is 23.2. The number of methoxy groups -OCH3 is 2. The van der Waals surface area contributed by atoms with E-state index in [2.05, 4.69) is 5.32 Å². The highest BCUT2D eigenvalue weighted by Crippen LogP contribution is 2.50. The second-order valence-electron chi connectivity index (χ2n) is 10.9. The van der Waals surface area contributed by atoms with Crippen molar-refractivity contribution >= 4 is 17.8 Å². The summed E-state index contributed by atoms with van der Waals surface area (Å²) in [6.45, 7) is 8.31. The number of carbonyl (C=O) groups excluding carboxylic acids is 2. The van der Waals surface area contributed by atoms with Crippen LogP contribution in [-0.2, 0) is 23.9 Å². The zero-order chi connectivity index (χ0) is 28.5. The van der Waals surface area contributed by atoms with Gasteiger partial charge in [0.15, 0.2) is 17.6 Å². The zero-order valence-corrected chi connectivity index (χ0v) is 23.2. The maximum Gasteiger partial charge on any atom is 0.305 e. The molecule has 1 aromatic carbocycles. The van der Waals surface area contributed by atoms with Gasteiger partial charge in [-0.05, 0) is 24.0 Å². The summed E-state index contributed by atoms with van der Waals surface area (Å²) in [5.41, 5.74) is 2.70. The van der Waals surface area contributed by atoms with Crippen LogP contribution < -0.4 is 14.8 Å². The first-order valence-corrected chi connectivity index (χ1v) is 12.9. The van der Waals surface area contributed by atoms with Gasteiger partial charge >= 0.3 is 5.97 Å². The number of benzene rings is 1. The molecule has 39 heavy (non-hydrogen) atoms. The van der Waals surface area contributed by atoms with E-state index in [-0.39, 0.29) is 43.4 Å². The summed E-state index contributed by atoms with van der Waals surface area (Å²) in [5.74, 6) is -0.651. The molecule has 2 heterocycles. The largest absolute Gasteiger partial charge is 0.498 e. The number of allylic oxidation sites excluding steroid dienone is 2. The Bertz CT molecular complexity index is 1260. The van der Waals surface area contributed by atoms with Gasteiger partial charge in [-0.15, -0.1) is 0 Å². The lowest BCUT2D eigenvalue weighted by atomic mass is 9.80. The van der Waals surface area contributed by atoms with E-state index in [0.29, 0.717) is 23.0 Å². The Balaban J connectivity index is 1.84. The van der Waals surface area contributed by atoms with Crippen LogP contribution in [0.4, 0.5) is 0 Å². The fourth-order valence-corrected chi connectivity index (χ4v) is 5.19. The first-order valence-electron chi connectivity index (χ1n) is 12.9. The van der Waals surface area contributed by atoms with Gasteiger partial charge in [-0.25, -0.2) is 0 Å². The smallest absolute Gasteiger partial charge is 0.305 e. The van der Waals surface area contributed by atoms with Crippen LogP contribution in [0.25, 0.3) is 0 Å². The summed E-state index contributed by atoms with van der Waals surface area (Å²) in [7, 11) is 3.14. The number of ether oxygens (including phenoxy) is 4. The summed E-state index contributed by atoms with van der Waals surface area (Å²) in [5, 5.41) is 11.5. The Labute approximate surface area is 228 Å². The highest BCUT2D eigenvalue weighted by Gasteiger charge is 2.49. The number of aliphatic carboxylic acids is 1. The number of carbonyl (C=O) groups is 3. The van der Waals surface area contributed by atoms with E-state index >= 15 is 0 Å². The van der Waals surface area contributed by atoms with Gasteiger partial charge in [0.05, 0.1) is 51.0 Å². The van der Waals surface area contributed by atoms with Gasteiger partial charge in [-0.2, -0.15) is 0 Å². The first kappa shape index (κ1) is 28.1. The van der Waals surface area contributed by atoms with Crippen molar-refractivity contribution in [3.8, 4) is 11.5 Å². The Morgan fingerprint density at radius 3 is 2.59 bits per heavy atom. The molecule has 10 nitrogen and oxygen atoms in total. The molecular formula is C29H36N2O8. The third-order valence-electron chi connectivity index (χ3n) is 7.20. The number of hydrogen-bond donors (Lipinski definition) is 2. The molecule has 0 aromatic heterocycles. The third kappa shape index (κ3) is 5.46. The van der Waals surface area contributed by atoms with Crippen LogP contribution in [0.5, 0.6) is 11.5 Å². The minimum absolute atomic E-state index is 0.0380. The number of hydrogen-bond acceptors (Lipinski definition) is 7. The van der Waals surface area contributed by atoms with Crippen molar-refractivity contribution in [1.29, 1.82) is 0 Å². The lowest BCUT2D eigenvalue weighted by Crippen LogP contribution is -2.56. The normalized spacial score (nSPS) is 22.5. The Morgan fingerprint density at radius 1 is 1.21 bits per heavy atom. The molecule has 4 rings (SSSR count). The number of para-hydroxylation sites is 1. The lowest BCUT2D eigenvalue weighted by Gasteiger charge is -2.46. The van der Waals surface area contributed by atoms with Crippen molar-refractivity contribution in [2.45, 2.75) is 58.6 Å². The van der Waals surface area contributed by atoms with E-state index in [1.165, 1.54) is 0 Å². The number of nitrogens with zero attached hydrogens (tertiary/aromatic N) is 1. The van der Waals surface area contributed by atoms with Crippen LogP contribution >= 0.6 is 0 Å². The summed E-state index contributed by atoms with van der Waals surface area (Å²) >= 11 is 0. The van der Waals surface area contributed by atoms with E-state index < -0.39 is 23.9 Å².